The van der Waals surface area contributed by atoms with Crippen LogP contribution in [0.5, 0.6) is 23.0 Å². The molecular formula is C48H38N12O8Y2-2. The number of nitrogens with one attached hydrogen (secondary N) is 4. The van der Waals surface area contributed by atoms with Gasteiger partial charge in [0.25, 0.3) is 23.6 Å². The summed E-state index contributed by atoms with van der Waals surface area (Å²) in [6, 6.07) is 33.7. The first kappa shape index (κ1) is 53.4. The van der Waals surface area contributed by atoms with Gasteiger partial charge in [-0.15, -0.1) is 0 Å². The van der Waals surface area contributed by atoms with Crippen LogP contribution in [0.25, 0.3) is 54.2 Å². The zero-order valence-corrected chi connectivity index (χ0v) is 42.8. The van der Waals surface area contributed by atoms with Crippen LogP contribution < -0.4 is 21.3 Å². The van der Waals surface area contributed by atoms with Crippen molar-refractivity contribution in [2.75, 3.05) is 27.4 Å². The van der Waals surface area contributed by atoms with Crippen molar-refractivity contribution < 1.29 is 105 Å². The molecule has 8 aromatic carbocycles. The number of nitrogens with zero attached hydrogens (tertiary/aromatic N) is 8. The SMILES string of the molecule is CN=Nc1c(O)c(C(=O)NCNC(=O)c2cc3ccccc3c(N=NC)c2O)cc2ccccc12.[N-]=Nc1c(O)c(C(=O)NCNC(=O)c2cc3ccccc3c(N=[N-])c2O)cc2ccccc12.[Y].[Y]. The first-order chi connectivity index (χ1) is 32.9. The third-order valence-corrected chi connectivity index (χ3v) is 10.6. The number of hydrogen-bond acceptors (Lipinski definition) is 14. The molecule has 0 aromatic heterocycles. The first-order valence-corrected chi connectivity index (χ1v) is 20.3. The molecule has 0 spiro atoms. The Hall–Kier alpha value is -7.51. The van der Waals surface area contributed by atoms with E-state index in [1.165, 1.54) is 38.4 Å². The summed E-state index contributed by atoms with van der Waals surface area (Å²) in [5, 5.41) is 78.2. The van der Waals surface area contributed by atoms with Crippen LogP contribution in [0, 0.1) is 0 Å². The van der Waals surface area contributed by atoms with E-state index in [0.717, 1.165) is 0 Å². The van der Waals surface area contributed by atoms with Crippen LogP contribution in [0.3, 0.4) is 0 Å². The molecule has 20 nitrogen and oxygen atoms in total. The Bertz CT molecular complexity index is 3200. The molecule has 346 valence electrons. The van der Waals surface area contributed by atoms with Gasteiger partial charge >= 0.3 is 0 Å². The third kappa shape index (κ3) is 11.2. The Kier molecular flexibility index (Phi) is 18.4. The van der Waals surface area contributed by atoms with Crippen LogP contribution in [0.15, 0.2) is 152 Å². The molecule has 8 N–H and O–H groups in total. The van der Waals surface area contributed by atoms with E-state index in [1.54, 1.807) is 97.1 Å². The quantitative estimate of drug-likeness (QED) is 0.0429. The molecule has 2 radical (unpaired) electrons. The molecule has 8 aromatic rings. The normalized spacial score (nSPS) is 10.8. The second-order valence-corrected chi connectivity index (χ2v) is 14.5. The summed E-state index contributed by atoms with van der Waals surface area (Å²) in [5.74, 6) is -4.36. The summed E-state index contributed by atoms with van der Waals surface area (Å²) in [4.78, 5) is 50.8. The molecule has 0 aliphatic heterocycles. The van der Waals surface area contributed by atoms with E-state index in [1.807, 2.05) is 0 Å². The van der Waals surface area contributed by atoms with Crippen molar-refractivity contribution in [3.63, 3.8) is 0 Å². The number of aromatic hydroxyl groups is 4. The smallest absolute Gasteiger partial charge is 0.256 e. The number of carbonyl (C=O) groups excluding carboxylic acids is 4. The van der Waals surface area contributed by atoms with Gasteiger partial charge in [-0.05, 0) is 45.8 Å². The van der Waals surface area contributed by atoms with Gasteiger partial charge in [0.1, 0.15) is 11.4 Å². The zero-order chi connectivity index (χ0) is 48.5. The maximum absolute atomic E-state index is 12.8. The van der Waals surface area contributed by atoms with Gasteiger partial charge in [0.15, 0.2) is 23.0 Å². The minimum Gasteiger partial charge on any atom is -0.706 e. The molecule has 0 bridgehead atoms. The Labute approximate surface area is 447 Å². The van der Waals surface area contributed by atoms with Crippen LogP contribution in [-0.4, -0.2) is 71.5 Å². The fourth-order valence-corrected chi connectivity index (χ4v) is 7.36. The predicted octanol–water partition coefficient (Wildman–Crippen LogP) is 9.77. The number of hydrogen-bond donors (Lipinski definition) is 8. The van der Waals surface area contributed by atoms with Gasteiger partial charge in [-0.3, -0.25) is 19.2 Å². The molecule has 0 aliphatic carbocycles. The maximum Gasteiger partial charge on any atom is 0.256 e. The molecule has 0 saturated heterocycles. The Morgan fingerprint density at radius 1 is 0.414 bits per heavy atom. The van der Waals surface area contributed by atoms with E-state index in [0.29, 0.717) is 43.1 Å². The fraction of sp³-hybridized carbons (Fsp3) is 0.0833. The van der Waals surface area contributed by atoms with Crippen LogP contribution in [0.2, 0.25) is 0 Å². The van der Waals surface area contributed by atoms with Gasteiger partial charge < -0.3 is 63.0 Å². The summed E-state index contributed by atoms with van der Waals surface area (Å²) < 4.78 is 0. The van der Waals surface area contributed by atoms with Crippen LogP contribution in [-0.2, 0) is 65.4 Å². The molecule has 70 heavy (non-hydrogen) atoms. The summed E-state index contributed by atoms with van der Waals surface area (Å²) in [7, 11) is 2.93. The second-order valence-electron chi connectivity index (χ2n) is 14.5. The molecule has 8 rings (SSSR count). The van der Waals surface area contributed by atoms with Gasteiger partial charge in [-0.2, -0.15) is 20.5 Å². The van der Waals surface area contributed by atoms with Crippen molar-refractivity contribution in [1.29, 1.82) is 0 Å². The van der Waals surface area contributed by atoms with E-state index in [-0.39, 0.29) is 135 Å². The Morgan fingerprint density at radius 3 is 0.886 bits per heavy atom. The number of phenols is 4. The number of amides is 4. The van der Waals surface area contributed by atoms with Crippen molar-refractivity contribution in [2.24, 2.45) is 30.7 Å². The maximum atomic E-state index is 12.8. The van der Waals surface area contributed by atoms with Gasteiger partial charge in [-0.1, -0.05) is 97.1 Å². The summed E-state index contributed by atoms with van der Waals surface area (Å²) in [6.07, 6.45) is 0. The molecule has 0 heterocycles. The van der Waals surface area contributed by atoms with Crippen LogP contribution in [0.1, 0.15) is 41.4 Å². The third-order valence-electron chi connectivity index (χ3n) is 10.6. The number of carbonyl (C=O) groups is 4. The molecule has 0 unspecified atom stereocenters. The molecule has 0 atom stereocenters. The monoisotopic (exact) mass is 1090 g/mol. The van der Waals surface area contributed by atoms with Crippen molar-refractivity contribution in [2.45, 2.75) is 0 Å². The summed E-state index contributed by atoms with van der Waals surface area (Å²) in [6.45, 7) is -0.598. The average molecular weight is 1090 g/mol. The number of rotatable bonds is 12. The van der Waals surface area contributed by atoms with Crippen LogP contribution in [0.4, 0.5) is 22.7 Å². The fourth-order valence-electron chi connectivity index (χ4n) is 7.36. The number of azo groups is 2. The van der Waals surface area contributed by atoms with E-state index in [4.69, 9.17) is 0 Å². The van der Waals surface area contributed by atoms with Crippen molar-refractivity contribution in [3.05, 3.63) is 155 Å². The summed E-state index contributed by atoms with van der Waals surface area (Å²) >= 11 is 0. The van der Waals surface area contributed by atoms with Crippen molar-refractivity contribution in [1.82, 2.24) is 21.3 Å². The molecule has 0 aliphatic rings. The number of phenolic OH excluding ortho intramolecular Hbond substituents is 4. The van der Waals surface area contributed by atoms with Crippen LogP contribution >= 0.6 is 0 Å². The summed E-state index contributed by atoms with van der Waals surface area (Å²) in [5.41, 5.74) is 18.3. The van der Waals surface area contributed by atoms with Gasteiger partial charge in [0.05, 0.1) is 47.0 Å². The minimum atomic E-state index is -0.725. The molecule has 22 heteroatoms. The average Bonchev–Trinajstić information content (AvgIpc) is 3.35. The van der Waals surface area contributed by atoms with Gasteiger partial charge in [-0.25, -0.2) is 0 Å². The van der Waals surface area contributed by atoms with E-state index < -0.39 is 35.1 Å². The standard InChI is InChI=1S/C25H22N6O4.C23H16N6O4.2Y/c1-26-30-20-16-9-5-3-7-14(16)11-18(22(20)32)24(34)28-13-29-25(35)19-12-15-8-4-6-10-17(15)21(23(19)33)31-27-2;24-28-18-14-7-3-1-5-12(14)9-16(20(18)30)22(32)26-11-27-23(33)17-10-13-6-2-4-8-15(13)19(29-25)21(17)31;;/h3-12,32-33H,13H2,1-2H3,(H,28,34)(H,29,35);1-10,30-31H,11H2,(H,26,32)(H,27,33);;/q;-2;;. The number of fused-ring (bicyclic) bond motifs is 4. The van der Waals surface area contributed by atoms with E-state index in [9.17, 15) is 50.7 Å². The van der Waals surface area contributed by atoms with Gasteiger partial charge in [0.2, 0.25) is 0 Å². The molecule has 0 fully saturated rings. The second kappa shape index (κ2) is 24.2. The molecule has 0 saturated carbocycles. The zero-order valence-electron chi connectivity index (χ0n) is 37.1. The molecular weight excluding hydrogens is 1050 g/mol. The van der Waals surface area contributed by atoms with E-state index in [2.05, 4.69) is 52.0 Å². The minimum absolute atomic E-state index is 0. The Morgan fingerprint density at radius 2 is 0.643 bits per heavy atom. The van der Waals surface area contributed by atoms with E-state index >= 15 is 0 Å². The largest absolute Gasteiger partial charge is 0.706 e. The first-order valence-electron chi connectivity index (χ1n) is 20.3. The molecule has 4 amide bonds. The Balaban J connectivity index is 0.000000254. The van der Waals surface area contributed by atoms with Gasteiger partial charge in [0, 0.05) is 101 Å². The number of benzene rings is 8. The predicted molar refractivity (Wildman–Crippen MR) is 254 cm³/mol. The topological polar surface area (TPSA) is 316 Å². The van der Waals surface area contributed by atoms with Crippen molar-refractivity contribution >= 4 is 89.5 Å². The van der Waals surface area contributed by atoms with Crippen molar-refractivity contribution in [3.8, 4) is 23.0 Å².